The Kier molecular flexibility index (Phi) is 6.45. The van der Waals surface area contributed by atoms with Gasteiger partial charge in [-0.2, -0.15) is 0 Å². The molecule has 0 aromatic heterocycles. The van der Waals surface area contributed by atoms with E-state index in [4.69, 9.17) is 0 Å². The van der Waals surface area contributed by atoms with E-state index in [0.717, 1.165) is 24.3 Å². The van der Waals surface area contributed by atoms with Crippen molar-refractivity contribution >= 4 is 15.7 Å². The maximum absolute atomic E-state index is 11.9. The Bertz CT molecular complexity index is 546. The lowest BCUT2D eigenvalue weighted by molar-refractivity contribution is -0.116. The van der Waals surface area contributed by atoms with Gasteiger partial charge in [0.15, 0.2) is 9.84 Å². The van der Waals surface area contributed by atoms with Crippen molar-refractivity contribution < 1.29 is 13.2 Å². The van der Waals surface area contributed by atoms with Crippen LogP contribution in [0.5, 0.6) is 0 Å². The van der Waals surface area contributed by atoms with Crippen LogP contribution in [0.2, 0.25) is 0 Å². The van der Waals surface area contributed by atoms with Gasteiger partial charge in [-0.25, -0.2) is 8.42 Å². The van der Waals surface area contributed by atoms with Crippen LogP contribution in [0.25, 0.3) is 0 Å². The minimum absolute atomic E-state index is 0.184. The summed E-state index contributed by atoms with van der Waals surface area (Å²) in [5.74, 6) is 0.0505. The maximum atomic E-state index is 11.9. The number of hydrogen-bond donors (Lipinski definition) is 1. The lowest BCUT2D eigenvalue weighted by Crippen LogP contribution is -2.27. The SMILES string of the molecule is CCC(CC)CNC(=O)/C=C/S(=O)(=O)c1ccccc1. The fourth-order valence-corrected chi connectivity index (χ4v) is 2.72. The lowest BCUT2D eigenvalue weighted by atomic mass is 10.0. The van der Waals surface area contributed by atoms with Crippen molar-refractivity contribution in [3.8, 4) is 0 Å². The third kappa shape index (κ3) is 5.17. The van der Waals surface area contributed by atoms with Crippen molar-refractivity contribution in [3.05, 3.63) is 41.8 Å². The van der Waals surface area contributed by atoms with E-state index >= 15 is 0 Å². The second-order valence-electron chi connectivity index (χ2n) is 4.59. The number of rotatable bonds is 7. The number of hydrogen-bond acceptors (Lipinski definition) is 3. The number of nitrogens with one attached hydrogen (secondary N) is 1. The molecule has 0 aliphatic rings. The van der Waals surface area contributed by atoms with Crippen molar-refractivity contribution in [2.75, 3.05) is 6.54 Å². The first-order chi connectivity index (χ1) is 9.49. The van der Waals surface area contributed by atoms with Gasteiger partial charge in [-0.3, -0.25) is 4.79 Å². The summed E-state index contributed by atoms with van der Waals surface area (Å²) in [6.07, 6.45) is 3.05. The third-order valence-corrected chi connectivity index (χ3v) is 4.61. The molecule has 0 heterocycles. The standard InChI is InChI=1S/C15H21NO3S/c1-3-13(4-2)12-16-15(17)10-11-20(18,19)14-8-6-5-7-9-14/h5-11,13H,3-4,12H2,1-2H3,(H,16,17)/b11-10+. The van der Waals surface area contributed by atoms with Crippen LogP contribution in [-0.2, 0) is 14.6 Å². The third-order valence-electron chi connectivity index (χ3n) is 3.19. The summed E-state index contributed by atoms with van der Waals surface area (Å²) in [4.78, 5) is 11.8. The first kappa shape index (κ1) is 16.4. The van der Waals surface area contributed by atoms with E-state index in [9.17, 15) is 13.2 Å². The molecule has 1 amide bonds. The van der Waals surface area contributed by atoms with E-state index in [-0.39, 0.29) is 10.8 Å². The second-order valence-corrected chi connectivity index (χ2v) is 6.42. The van der Waals surface area contributed by atoms with Gasteiger partial charge < -0.3 is 5.32 Å². The molecule has 0 atom stereocenters. The van der Waals surface area contributed by atoms with Gasteiger partial charge in [-0.1, -0.05) is 44.9 Å². The molecule has 0 radical (unpaired) electrons. The Labute approximate surface area is 120 Å². The molecule has 0 aliphatic heterocycles. The van der Waals surface area contributed by atoms with E-state index in [1.165, 1.54) is 12.1 Å². The second kappa shape index (κ2) is 7.85. The summed E-state index contributed by atoms with van der Waals surface area (Å²) in [5, 5.41) is 3.67. The molecule has 1 N–H and O–H groups in total. The Balaban J connectivity index is 2.61. The molecule has 1 aromatic carbocycles. The summed E-state index contributed by atoms with van der Waals surface area (Å²) in [6.45, 7) is 4.70. The zero-order valence-corrected chi connectivity index (χ0v) is 12.7. The zero-order chi connectivity index (χ0) is 15.0. The number of carbonyl (C=O) groups is 1. The Morgan fingerprint density at radius 1 is 1.20 bits per heavy atom. The topological polar surface area (TPSA) is 63.2 Å². The van der Waals surface area contributed by atoms with E-state index in [1.807, 2.05) is 0 Å². The van der Waals surface area contributed by atoms with Crippen LogP contribution in [0.15, 0.2) is 46.7 Å². The van der Waals surface area contributed by atoms with Gasteiger partial charge >= 0.3 is 0 Å². The Morgan fingerprint density at radius 2 is 1.80 bits per heavy atom. The molecule has 0 saturated carbocycles. The van der Waals surface area contributed by atoms with Crippen LogP contribution in [0, 0.1) is 5.92 Å². The van der Waals surface area contributed by atoms with Crippen LogP contribution in [0.1, 0.15) is 26.7 Å². The molecule has 110 valence electrons. The fourth-order valence-electron chi connectivity index (χ4n) is 1.72. The largest absolute Gasteiger partial charge is 0.352 e. The summed E-state index contributed by atoms with van der Waals surface area (Å²) in [7, 11) is -3.55. The summed E-state index contributed by atoms with van der Waals surface area (Å²) >= 11 is 0. The first-order valence-corrected chi connectivity index (χ1v) is 8.30. The molecule has 1 aromatic rings. The van der Waals surface area contributed by atoms with Crippen LogP contribution < -0.4 is 5.32 Å². The molecular formula is C15H21NO3S. The quantitative estimate of drug-likeness (QED) is 0.786. The molecule has 20 heavy (non-hydrogen) atoms. The molecule has 5 heteroatoms. The number of amides is 1. The normalized spacial score (nSPS) is 11.9. The highest BCUT2D eigenvalue weighted by atomic mass is 32.2. The Morgan fingerprint density at radius 3 is 2.35 bits per heavy atom. The van der Waals surface area contributed by atoms with E-state index in [0.29, 0.717) is 12.5 Å². The maximum Gasteiger partial charge on any atom is 0.244 e. The van der Waals surface area contributed by atoms with Gasteiger partial charge in [0.2, 0.25) is 5.91 Å². The van der Waals surface area contributed by atoms with Crippen molar-refractivity contribution in [2.24, 2.45) is 5.92 Å². The fraction of sp³-hybridized carbons (Fsp3) is 0.400. The average Bonchev–Trinajstić information content (AvgIpc) is 2.47. The highest BCUT2D eigenvalue weighted by Crippen LogP contribution is 2.11. The van der Waals surface area contributed by atoms with Crippen LogP contribution in [-0.4, -0.2) is 20.9 Å². The van der Waals surface area contributed by atoms with Gasteiger partial charge in [0, 0.05) is 18.0 Å². The molecule has 0 fully saturated rings. The van der Waals surface area contributed by atoms with Crippen LogP contribution in [0.3, 0.4) is 0 Å². The van der Waals surface area contributed by atoms with Crippen molar-refractivity contribution in [1.82, 2.24) is 5.32 Å². The van der Waals surface area contributed by atoms with Crippen molar-refractivity contribution in [1.29, 1.82) is 0 Å². The number of carbonyl (C=O) groups excluding carboxylic acids is 1. The smallest absolute Gasteiger partial charge is 0.244 e. The lowest BCUT2D eigenvalue weighted by Gasteiger charge is -2.11. The minimum atomic E-state index is -3.55. The van der Waals surface area contributed by atoms with Gasteiger partial charge in [-0.15, -0.1) is 0 Å². The predicted molar refractivity (Wildman–Crippen MR) is 79.8 cm³/mol. The molecule has 1 rings (SSSR count). The zero-order valence-electron chi connectivity index (χ0n) is 11.9. The summed E-state index contributed by atoms with van der Waals surface area (Å²) < 4.78 is 23.8. The van der Waals surface area contributed by atoms with E-state index < -0.39 is 9.84 Å². The predicted octanol–water partition coefficient (Wildman–Crippen LogP) is 2.53. The molecule has 0 bridgehead atoms. The van der Waals surface area contributed by atoms with Gasteiger partial charge in [-0.05, 0) is 18.1 Å². The first-order valence-electron chi connectivity index (χ1n) is 6.75. The molecule has 0 unspecified atom stereocenters. The van der Waals surface area contributed by atoms with E-state index in [2.05, 4.69) is 19.2 Å². The highest BCUT2D eigenvalue weighted by molar-refractivity contribution is 7.94. The van der Waals surface area contributed by atoms with E-state index in [1.54, 1.807) is 18.2 Å². The monoisotopic (exact) mass is 295 g/mol. The number of benzene rings is 1. The van der Waals surface area contributed by atoms with Crippen molar-refractivity contribution in [2.45, 2.75) is 31.6 Å². The molecular weight excluding hydrogens is 274 g/mol. The summed E-state index contributed by atoms with van der Waals surface area (Å²) in [6, 6.07) is 8.04. The van der Waals surface area contributed by atoms with Crippen LogP contribution >= 0.6 is 0 Å². The highest BCUT2D eigenvalue weighted by Gasteiger charge is 2.10. The van der Waals surface area contributed by atoms with Crippen molar-refractivity contribution in [3.63, 3.8) is 0 Å². The molecule has 0 saturated heterocycles. The Hall–Kier alpha value is -1.62. The molecule has 0 aliphatic carbocycles. The number of sulfone groups is 1. The van der Waals surface area contributed by atoms with Gasteiger partial charge in [0.1, 0.15) is 0 Å². The van der Waals surface area contributed by atoms with Gasteiger partial charge in [0.05, 0.1) is 4.90 Å². The summed E-state index contributed by atoms with van der Waals surface area (Å²) in [5.41, 5.74) is 0. The molecule has 0 spiro atoms. The minimum Gasteiger partial charge on any atom is -0.352 e. The average molecular weight is 295 g/mol. The molecule has 4 nitrogen and oxygen atoms in total. The van der Waals surface area contributed by atoms with Gasteiger partial charge in [0.25, 0.3) is 0 Å². The van der Waals surface area contributed by atoms with Crippen LogP contribution in [0.4, 0.5) is 0 Å².